The summed E-state index contributed by atoms with van der Waals surface area (Å²) in [6, 6.07) is 7.06. The zero-order chi connectivity index (χ0) is 13.8. The van der Waals surface area contributed by atoms with Crippen molar-refractivity contribution in [3.05, 3.63) is 65.6 Å². The lowest BCUT2D eigenvalue weighted by Gasteiger charge is -2.21. The maximum Gasteiger partial charge on any atom is 0.336 e. The Kier molecular flexibility index (Phi) is 3.85. The van der Waals surface area contributed by atoms with Gasteiger partial charge in [0.05, 0.1) is 0 Å². The summed E-state index contributed by atoms with van der Waals surface area (Å²) in [6.07, 6.45) is 4.43. The van der Waals surface area contributed by atoms with Crippen molar-refractivity contribution in [1.29, 1.82) is 0 Å². The van der Waals surface area contributed by atoms with Crippen LogP contribution in [0.1, 0.15) is 5.56 Å². The Morgan fingerprint density at radius 1 is 1.21 bits per heavy atom. The third kappa shape index (κ3) is 2.60. The summed E-state index contributed by atoms with van der Waals surface area (Å²) < 4.78 is 5.21. The van der Waals surface area contributed by atoms with Gasteiger partial charge in [-0.15, -0.1) is 13.2 Å². The minimum Gasteiger partial charge on any atom is -0.423 e. The van der Waals surface area contributed by atoms with Crippen LogP contribution in [0.4, 0.5) is 5.69 Å². The summed E-state index contributed by atoms with van der Waals surface area (Å²) in [5.41, 5.74) is 2.49. The van der Waals surface area contributed by atoms with Crippen LogP contribution in [0.25, 0.3) is 11.0 Å². The first-order chi connectivity index (χ1) is 9.17. The van der Waals surface area contributed by atoms with Gasteiger partial charge < -0.3 is 9.32 Å². The number of hydrogen-bond acceptors (Lipinski definition) is 3. The van der Waals surface area contributed by atoms with Crippen LogP contribution in [-0.4, -0.2) is 13.6 Å². The lowest BCUT2D eigenvalue weighted by molar-refractivity contribution is 0.561. The molecule has 2 rings (SSSR count). The van der Waals surface area contributed by atoms with Crippen LogP contribution in [0.2, 0.25) is 0 Å². The molecule has 0 fully saturated rings. The van der Waals surface area contributed by atoms with Crippen LogP contribution >= 0.6 is 0 Å². The average Bonchev–Trinajstić information content (AvgIpc) is 2.39. The van der Waals surface area contributed by atoms with E-state index in [1.807, 2.05) is 37.4 Å². The van der Waals surface area contributed by atoms with Crippen LogP contribution in [0.3, 0.4) is 0 Å². The predicted molar refractivity (Wildman–Crippen MR) is 79.9 cm³/mol. The molecule has 0 bridgehead atoms. The molecule has 0 unspecified atom stereocenters. The number of likely N-dealkylation sites (N-methyl/N-ethyl adjacent to an activating group) is 1. The molecule has 3 nitrogen and oxygen atoms in total. The highest BCUT2D eigenvalue weighted by Crippen LogP contribution is 2.28. The molecule has 1 aromatic carbocycles. The molecule has 0 atom stereocenters. The first-order valence-corrected chi connectivity index (χ1v) is 6.16. The quantitative estimate of drug-likeness (QED) is 0.608. The Morgan fingerprint density at radius 3 is 2.68 bits per heavy atom. The van der Waals surface area contributed by atoms with Crippen LogP contribution < -0.4 is 10.5 Å². The SMILES string of the molecule is C=CCc1c(N(C)CC=C)ccc2oc(=O)ccc12. The lowest BCUT2D eigenvalue weighted by atomic mass is 10.0. The Balaban J connectivity index is 2.67. The number of nitrogens with zero attached hydrogens (tertiary/aromatic N) is 1. The Morgan fingerprint density at radius 2 is 2.00 bits per heavy atom. The molecule has 1 aromatic heterocycles. The van der Waals surface area contributed by atoms with Crippen molar-refractivity contribution in [1.82, 2.24) is 0 Å². The maximum atomic E-state index is 11.3. The average molecular weight is 255 g/mol. The standard InChI is InChI=1S/C16H17NO2/c1-4-6-12-13-7-10-16(18)19-15(13)9-8-14(12)17(3)11-5-2/h4-5,7-10H,1-2,6,11H2,3H3. The second-order valence-corrected chi connectivity index (χ2v) is 4.39. The van der Waals surface area contributed by atoms with Crippen LogP contribution in [0.5, 0.6) is 0 Å². The molecule has 0 aliphatic heterocycles. The van der Waals surface area contributed by atoms with Crippen molar-refractivity contribution < 1.29 is 4.42 Å². The fourth-order valence-corrected chi connectivity index (χ4v) is 2.21. The van der Waals surface area contributed by atoms with E-state index in [9.17, 15) is 4.79 Å². The molecule has 3 heteroatoms. The van der Waals surface area contributed by atoms with Gasteiger partial charge >= 0.3 is 5.63 Å². The van der Waals surface area contributed by atoms with Gasteiger partial charge in [0.25, 0.3) is 0 Å². The van der Waals surface area contributed by atoms with Gasteiger partial charge in [-0.05, 0) is 30.2 Å². The Hall–Kier alpha value is -2.29. The third-order valence-corrected chi connectivity index (χ3v) is 3.05. The molecule has 98 valence electrons. The number of anilines is 1. The summed E-state index contributed by atoms with van der Waals surface area (Å²) in [5, 5.41) is 0.952. The van der Waals surface area contributed by atoms with Gasteiger partial charge in [-0.2, -0.15) is 0 Å². The normalized spacial score (nSPS) is 10.4. The van der Waals surface area contributed by atoms with Gasteiger partial charge in [0.1, 0.15) is 5.58 Å². The smallest absolute Gasteiger partial charge is 0.336 e. The van der Waals surface area contributed by atoms with E-state index < -0.39 is 0 Å². The zero-order valence-electron chi connectivity index (χ0n) is 11.1. The van der Waals surface area contributed by atoms with Gasteiger partial charge in [-0.25, -0.2) is 4.79 Å². The number of allylic oxidation sites excluding steroid dienone is 1. The molecule has 0 aliphatic rings. The van der Waals surface area contributed by atoms with Gasteiger partial charge in [0.2, 0.25) is 0 Å². The van der Waals surface area contributed by atoms with Crippen LogP contribution in [0.15, 0.2) is 58.8 Å². The van der Waals surface area contributed by atoms with Crippen LogP contribution in [0, 0.1) is 0 Å². The summed E-state index contributed by atoms with van der Waals surface area (Å²) in [6.45, 7) is 8.31. The first-order valence-electron chi connectivity index (χ1n) is 6.16. The fourth-order valence-electron chi connectivity index (χ4n) is 2.21. The van der Waals surface area contributed by atoms with Crippen molar-refractivity contribution in [2.75, 3.05) is 18.5 Å². The minimum absolute atomic E-state index is 0.329. The third-order valence-electron chi connectivity index (χ3n) is 3.05. The maximum absolute atomic E-state index is 11.3. The van der Waals surface area contributed by atoms with E-state index in [1.54, 1.807) is 0 Å². The number of hydrogen-bond donors (Lipinski definition) is 0. The highest BCUT2D eigenvalue weighted by molar-refractivity contribution is 5.86. The lowest BCUT2D eigenvalue weighted by Crippen LogP contribution is -2.18. The molecule has 19 heavy (non-hydrogen) atoms. The summed E-state index contributed by atoms with van der Waals surface area (Å²) >= 11 is 0. The zero-order valence-corrected chi connectivity index (χ0v) is 11.1. The number of benzene rings is 1. The molecule has 0 radical (unpaired) electrons. The van der Waals surface area contributed by atoms with Gasteiger partial charge in [-0.3, -0.25) is 0 Å². The Bertz CT molecular complexity index is 670. The highest BCUT2D eigenvalue weighted by atomic mass is 16.4. The van der Waals surface area contributed by atoms with E-state index in [0.29, 0.717) is 5.58 Å². The summed E-state index contributed by atoms with van der Waals surface area (Å²) in [5.74, 6) is 0. The Labute approximate surface area is 112 Å². The summed E-state index contributed by atoms with van der Waals surface area (Å²) in [4.78, 5) is 13.4. The second kappa shape index (κ2) is 5.57. The molecule has 0 amide bonds. The first kappa shape index (κ1) is 13.1. The van der Waals surface area contributed by atoms with E-state index >= 15 is 0 Å². The highest BCUT2D eigenvalue weighted by Gasteiger charge is 2.11. The monoisotopic (exact) mass is 255 g/mol. The van der Waals surface area contributed by atoms with E-state index in [0.717, 1.165) is 29.6 Å². The van der Waals surface area contributed by atoms with E-state index in [-0.39, 0.29) is 5.63 Å². The largest absolute Gasteiger partial charge is 0.423 e. The molecular formula is C16H17NO2. The van der Waals surface area contributed by atoms with Crippen molar-refractivity contribution in [3.8, 4) is 0 Å². The topological polar surface area (TPSA) is 33.5 Å². The van der Waals surface area contributed by atoms with E-state index in [1.165, 1.54) is 6.07 Å². The number of rotatable bonds is 5. The van der Waals surface area contributed by atoms with Gasteiger partial charge in [-0.1, -0.05) is 12.2 Å². The molecule has 0 saturated heterocycles. The van der Waals surface area contributed by atoms with Crippen molar-refractivity contribution in [3.63, 3.8) is 0 Å². The van der Waals surface area contributed by atoms with Gasteiger partial charge in [0.15, 0.2) is 0 Å². The van der Waals surface area contributed by atoms with Crippen molar-refractivity contribution in [2.45, 2.75) is 6.42 Å². The van der Waals surface area contributed by atoms with Crippen molar-refractivity contribution in [2.24, 2.45) is 0 Å². The molecular weight excluding hydrogens is 238 g/mol. The molecule has 0 spiro atoms. The molecule has 0 N–H and O–H groups in total. The number of fused-ring (bicyclic) bond motifs is 1. The van der Waals surface area contributed by atoms with Crippen LogP contribution in [-0.2, 0) is 6.42 Å². The predicted octanol–water partition coefficient (Wildman–Crippen LogP) is 3.14. The second-order valence-electron chi connectivity index (χ2n) is 4.39. The fraction of sp³-hybridized carbons (Fsp3) is 0.188. The minimum atomic E-state index is -0.329. The molecule has 0 saturated carbocycles. The molecule has 1 heterocycles. The molecule has 2 aromatic rings. The summed E-state index contributed by atoms with van der Waals surface area (Å²) in [7, 11) is 2.01. The van der Waals surface area contributed by atoms with E-state index in [2.05, 4.69) is 18.1 Å². The van der Waals surface area contributed by atoms with Gasteiger partial charge in [0, 0.05) is 30.7 Å². The van der Waals surface area contributed by atoms with Crippen molar-refractivity contribution >= 4 is 16.7 Å². The van der Waals surface area contributed by atoms with E-state index in [4.69, 9.17) is 4.42 Å². The molecule has 0 aliphatic carbocycles.